The zero-order chi connectivity index (χ0) is 17.1. The molecule has 4 aliphatic rings. The van der Waals surface area contributed by atoms with E-state index in [-0.39, 0.29) is 23.4 Å². The number of ketones is 1. The van der Waals surface area contributed by atoms with Gasteiger partial charge in [-0.05, 0) is 61.7 Å². The molecular weight excluding hydrogens is 300 g/mol. The molecule has 0 aliphatic heterocycles. The lowest BCUT2D eigenvalue weighted by Crippen LogP contribution is -2.56. The van der Waals surface area contributed by atoms with E-state index in [0.29, 0.717) is 29.0 Å². The molecule has 0 saturated heterocycles. The Balaban J connectivity index is 1.64. The van der Waals surface area contributed by atoms with Crippen molar-refractivity contribution in [1.82, 2.24) is 0 Å². The first kappa shape index (κ1) is 16.6. The van der Waals surface area contributed by atoms with Crippen molar-refractivity contribution < 1.29 is 14.3 Å². The molecule has 134 valence electrons. The van der Waals surface area contributed by atoms with Gasteiger partial charge in [-0.3, -0.25) is 9.59 Å². The Morgan fingerprint density at radius 3 is 2.50 bits per heavy atom. The van der Waals surface area contributed by atoms with Crippen LogP contribution < -0.4 is 0 Å². The van der Waals surface area contributed by atoms with E-state index in [4.69, 9.17) is 4.74 Å². The van der Waals surface area contributed by atoms with Crippen molar-refractivity contribution in [3.05, 3.63) is 0 Å². The molecule has 4 aliphatic carbocycles. The van der Waals surface area contributed by atoms with Gasteiger partial charge in [-0.2, -0.15) is 0 Å². The highest BCUT2D eigenvalue weighted by atomic mass is 16.5. The molecule has 0 N–H and O–H groups in total. The van der Waals surface area contributed by atoms with Crippen molar-refractivity contribution in [2.45, 2.75) is 84.7 Å². The molecule has 0 bridgehead atoms. The standard InChI is InChI=1S/C21H32O3/c1-13(22)24-18-8-7-15-19-16(9-11-21(15,18)3)20(2)10-5-4-6-14(20)12-17(19)23/h14-16,18-19H,4-12H2,1-3H3/t14-,15+,16+,18+,19+,20+,21+/m1/s1. The Morgan fingerprint density at radius 2 is 1.75 bits per heavy atom. The zero-order valence-electron chi connectivity index (χ0n) is 15.5. The first-order valence-electron chi connectivity index (χ1n) is 10.1. The number of hydrogen-bond acceptors (Lipinski definition) is 3. The van der Waals surface area contributed by atoms with Crippen molar-refractivity contribution in [3.8, 4) is 0 Å². The van der Waals surface area contributed by atoms with Gasteiger partial charge >= 0.3 is 5.97 Å². The Bertz CT molecular complexity index is 555. The van der Waals surface area contributed by atoms with Gasteiger partial charge in [0.15, 0.2) is 0 Å². The highest BCUT2D eigenvalue weighted by Gasteiger charge is 2.62. The summed E-state index contributed by atoms with van der Waals surface area (Å²) in [6.07, 6.45) is 10.3. The van der Waals surface area contributed by atoms with E-state index >= 15 is 0 Å². The number of hydrogen-bond donors (Lipinski definition) is 0. The van der Waals surface area contributed by atoms with E-state index in [0.717, 1.165) is 32.1 Å². The second-order valence-corrected chi connectivity index (χ2v) is 9.58. The van der Waals surface area contributed by atoms with Crippen LogP contribution in [0.3, 0.4) is 0 Å². The molecule has 0 unspecified atom stereocenters. The van der Waals surface area contributed by atoms with Crippen molar-refractivity contribution in [2.24, 2.45) is 34.5 Å². The molecule has 7 atom stereocenters. The molecule has 4 rings (SSSR count). The van der Waals surface area contributed by atoms with Crippen molar-refractivity contribution >= 4 is 11.8 Å². The summed E-state index contributed by atoms with van der Waals surface area (Å²) in [5.74, 6) is 2.20. The molecule has 0 heterocycles. The van der Waals surface area contributed by atoms with Gasteiger partial charge in [0, 0.05) is 24.7 Å². The molecule has 0 aromatic heterocycles. The van der Waals surface area contributed by atoms with Gasteiger partial charge in [-0.1, -0.05) is 26.7 Å². The third-order valence-corrected chi connectivity index (χ3v) is 8.61. The number of esters is 1. The van der Waals surface area contributed by atoms with Crippen LogP contribution in [0.25, 0.3) is 0 Å². The maximum Gasteiger partial charge on any atom is 0.302 e. The molecule has 3 heteroatoms. The maximum absolute atomic E-state index is 13.1. The van der Waals surface area contributed by atoms with E-state index in [1.807, 2.05) is 0 Å². The van der Waals surface area contributed by atoms with E-state index in [9.17, 15) is 9.59 Å². The van der Waals surface area contributed by atoms with Crippen LogP contribution in [0.4, 0.5) is 0 Å². The van der Waals surface area contributed by atoms with Crippen LogP contribution in [0.1, 0.15) is 78.6 Å². The second-order valence-electron chi connectivity index (χ2n) is 9.58. The van der Waals surface area contributed by atoms with Gasteiger partial charge < -0.3 is 4.74 Å². The molecule has 0 aromatic carbocycles. The van der Waals surface area contributed by atoms with Crippen molar-refractivity contribution in [1.29, 1.82) is 0 Å². The second kappa shape index (κ2) is 5.57. The van der Waals surface area contributed by atoms with Crippen molar-refractivity contribution in [2.75, 3.05) is 0 Å². The van der Waals surface area contributed by atoms with Crippen LogP contribution in [0.15, 0.2) is 0 Å². The third kappa shape index (κ3) is 2.22. The van der Waals surface area contributed by atoms with Gasteiger partial charge in [0.05, 0.1) is 0 Å². The summed E-state index contributed by atoms with van der Waals surface area (Å²) in [4.78, 5) is 24.6. The zero-order valence-corrected chi connectivity index (χ0v) is 15.5. The first-order chi connectivity index (χ1) is 11.4. The quantitative estimate of drug-likeness (QED) is 0.663. The Labute approximate surface area is 145 Å². The molecule has 0 radical (unpaired) electrons. The summed E-state index contributed by atoms with van der Waals surface area (Å²) in [5, 5.41) is 0. The number of carbonyl (C=O) groups is 2. The number of carbonyl (C=O) groups excluding carboxylic acids is 2. The van der Waals surface area contributed by atoms with Crippen LogP contribution in [-0.4, -0.2) is 17.9 Å². The summed E-state index contributed by atoms with van der Waals surface area (Å²) < 4.78 is 5.68. The van der Waals surface area contributed by atoms with Crippen molar-refractivity contribution in [3.63, 3.8) is 0 Å². The molecule has 4 fully saturated rings. The third-order valence-electron chi connectivity index (χ3n) is 8.61. The van der Waals surface area contributed by atoms with Gasteiger partial charge in [0.25, 0.3) is 0 Å². The summed E-state index contributed by atoms with van der Waals surface area (Å²) in [7, 11) is 0. The largest absolute Gasteiger partial charge is 0.462 e. The molecule has 3 nitrogen and oxygen atoms in total. The molecule has 24 heavy (non-hydrogen) atoms. The maximum atomic E-state index is 13.1. The lowest BCUT2D eigenvalue weighted by atomic mass is 9.45. The number of rotatable bonds is 1. The first-order valence-corrected chi connectivity index (χ1v) is 10.1. The smallest absolute Gasteiger partial charge is 0.302 e. The topological polar surface area (TPSA) is 43.4 Å². The predicted molar refractivity (Wildman–Crippen MR) is 92.3 cm³/mol. The fourth-order valence-electron chi connectivity index (χ4n) is 7.31. The van der Waals surface area contributed by atoms with Crippen LogP contribution in [0.5, 0.6) is 0 Å². The molecule has 0 amide bonds. The summed E-state index contributed by atoms with van der Waals surface area (Å²) in [6.45, 7) is 6.29. The van der Waals surface area contributed by atoms with Crippen LogP contribution in [0, 0.1) is 34.5 Å². The average molecular weight is 332 g/mol. The normalized spacial score (nSPS) is 50.6. The minimum atomic E-state index is -0.168. The molecule has 0 aromatic rings. The number of Topliss-reactive ketones (excluding diaryl/α,β-unsaturated/α-hetero) is 1. The lowest BCUT2D eigenvalue weighted by molar-refractivity contribution is -0.166. The average Bonchev–Trinajstić information content (AvgIpc) is 2.84. The van der Waals surface area contributed by atoms with Crippen LogP contribution >= 0.6 is 0 Å². The predicted octanol–water partition coefficient (Wildman–Crippen LogP) is 4.53. The molecule has 0 spiro atoms. The highest BCUT2D eigenvalue weighted by Crippen LogP contribution is 2.65. The van der Waals surface area contributed by atoms with E-state index in [2.05, 4.69) is 13.8 Å². The monoisotopic (exact) mass is 332 g/mol. The summed E-state index contributed by atoms with van der Waals surface area (Å²) in [6, 6.07) is 0. The number of fused-ring (bicyclic) bond motifs is 5. The van der Waals surface area contributed by atoms with E-state index < -0.39 is 0 Å². The SMILES string of the molecule is CC(=O)O[C@H]1CC[C@H]2[C@@H]3C(=O)C[C@H]4CCCC[C@]4(C)[C@H]3CC[C@]12C. The minimum Gasteiger partial charge on any atom is -0.462 e. The minimum absolute atomic E-state index is 0.0142. The van der Waals surface area contributed by atoms with Crippen LogP contribution in [0.2, 0.25) is 0 Å². The Hall–Kier alpha value is -0.860. The summed E-state index contributed by atoms with van der Waals surface area (Å²) >= 11 is 0. The Morgan fingerprint density at radius 1 is 1.00 bits per heavy atom. The van der Waals surface area contributed by atoms with Crippen LogP contribution in [-0.2, 0) is 14.3 Å². The van der Waals surface area contributed by atoms with Gasteiger partial charge in [-0.15, -0.1) is 0 Å². The van der Waals surface area contributed by atoms with Gasteiger partial charge in [0.1, 0.15) is 11.9 Å². The van der Waals surface area contributed by atoms with Gasteiger partial charge in [0.2, 0.25) is 0 Å². The number of ether oxygens (including phenoxy) is 1. The van der Waals surface area contributed by atoms with Gasteiger partial charge in [-0.25, -0.2) is 0 Å². The fraction of sp³-hybridized carbons (Fsp3) is 0.905. The lowest BCUT2D eigenvalue weighted by Gasteiger charge is -2.59. The molecule has 4 saturated carbocycles. The van der Waals surface area contributed by atoms with E-state index in [1.54, 1.807) is 0 Å². The van der Waals surface area contributed by atoms with E-state index in [1.165, 1.54) is 32.6 Å². The highest BCUT2D eigenvalue weighted by molar-refractivity contribution is 5.83. The summed E-state index contributed by atoms with van der Waals surface area (Å²) in [5.41, 5.74) is 0.387. The Kier molecular flexibility index (Phi) is 3.85. The molecular formula is C21H32O3. The fourth-order valence-corrected chi connectivity index (χ4v) is 7.31.